The largest absolute Gasteiger partial charge is 0.339 e. The molecule has 2 aliphatic rings. The van der Waals surface area contributed by atoms with E-state index >= 15 is 0 Å². The van der Waals surface area contributed by atoms with Crippen LogP contribution in [0.3, 0.4) is 0 Å². The summed E-state index contributed by atoms with van der Waals surface area (Å²) in [7, 11) is 0. The van der Waals surface area contributed by atoms with E-state index in [-0.39, 0.29) is 11.9 Å². The van der Waals surface area contributed by atoms with Crippen LogP contribution in [0.5, 0.6) is 0 Å². The molecule has 3 heterocycles. The molecule has 0 radical (unpaired) electrons. The van der Waals surface area contributed by atoms with Gasteiger partial charge in [0, 0.05) is 17.8 Å². The molecule has 4 rings (SSSR count). The van der Waals surface area contributed by atoms with E-state index < -0.39 is 0 Å². The standard InChI is InChI=1S/C12H13N5O2S/c18-12(8-6-20-16-14-8)17-5-1-2-9(17)10-13-11(19-15-10)7-3-4-7/h6-7,9H,1-5H2. The fourth-order valence-electron chi connectivity index (χ4n) is 2.56. The molecule has 104 valence electrons. The Morgan fingerprint density at radius 3 is 3.05 bits per heavy atom. The van der Waals surface area contributed by atoms with E-state index in [1.807, 2.05) is 0 Å². The highest BCUT2D eigenvalue weighted by atomic mass is 32.1. The van der Waals surface area contributed by atoms with Gasteiger partial charge in [-0.05, 0) is 37.2 Å². The maximum Gasteiger partial charge on any atom is 0.275 e. The van der Waals surface area contributed by atoms with Crippen LogP contribution in [0.2, 0.25) is 0 Å². The van der Waals surface area contributed by atoms with Crippen LogP contribution < -0.4 is 0 Å². The Bertz CT molecular complexity index is 622. The van der Waals surface area contributed by atoms with Crippen molar-refractivity contribution in [3.63, 3.8) is 0 Å². The molecule has 2 aromatic heterocycles. The van der Waals surface area contributed by atoms with Crippen molar-refractivity contribution < 1.29 is 9.32 Å². The van der Waals surface area contributed by atoms with E-state index in [9.17, 15) is 4.79 Å². The van der Waals surface area contributed by atoms with Gasteiger partial charge in [0.25, 0.3) is 5.91 Å². The number of hydrogen-bond acceptors (Lipinski definition) is 7. The fraction of sp³-hybridized carbons (Fsp3) is 0.583. The maximum absolute atomic E-state index is 12.4. The summed E-state index contributed by atoms with van der Waals surface area (Å²) in [6.07, 6.45) is 4.06. The predicted molar refractivity (Wildman–Crippen MR) is 69.2 cm³/mol. The Hall–Kier alpha value is -1.83. The lowest BCUT2D eigenvalue weighted by Gasteiger charge is -2.20. The number of nitrogens with zero attached hydrogens (tertiary/aromatic N) is 5. The second-order valence-electron chi connectivity index (χ2n) is 5.21. The summed E-state index contributed by atoms with van der Waals surface area (Å²) in [5.41, 5.74) is 0.396. The zero-order chi connectivity index (χ0) is 13.5. The first-order valence-electron chi connectivity index (χ1n) is 6.74. The van der Waals surface area contributed by atoms with Gasteiger partial charge in [-0.15, -0.1) is 5.10 Å². The van der Waals surface area contributed by atoms with Crippen LogP contribution in [0.25, 0.3) is 0 Å². The number of carbonyl (C=O) groups excluding carboxylic acids is 1. The minimum Gasteiger partial charge on any atom is -0.339 e. The highest BCUT2D eigenvalue weighted by Crippen LogP contribution is 2.40. The van der Waals surface area contributed by atoms with Gasteiger partial charge in [-0.25, -0.2) is 0 Å². The number of amides is 1. The predicted octanol–water partition coefficient (Wildman–Crippen LogP) is 1.78. The number of carbonyl (C=O) groups is 1. The molecule has 2 fully saturated rings. The Kier molecular flexibility index (Phi) is 2.76. The average molecular weight is 291 g/mol. The van der Waals surface area contributed by atoms with Gasteiger partial charge in [-0.3, -0.25) is 4.79 Å². The SMILES string of the molecule is O=C(c1csnn1)N1CCCC1c1noc(C2CC2)n1. The molecule has 2 aromatic rings. The monoisotopic (exact) mass is 291 g/mol. The van der Waals surface area contributed by atoms with Crippen LogP contribution in [0.1, 0.15) is 59.8 Å². The van der Waals surface area contributed by atoms with Crippen molar-refractivity contribution in [1.82, 2.24) is 24.6 Å². The summed E-state index contributed by atoms with van der Waals surface area (Å²) in [5.74, 6) is 1.68. The molecule has 0 spiro atoms. The van der Waals surface area contributed by atoms with E-state index in [4.69, 9.17) is 4.52 Å². The van der Waals surface area contributed by atoms with Crippen molar-refractivity contribution in [3.05, 3.63) is 22.8 Å². The molecule has 8 heteroatoms. The molecule has 1 atom stereocenters. The van der Waals surface area contributed by atoms with Gasteiger partial charge in [0.2, 0.25) is 5.89 Å². The molecular formula is C12H13N5O2S. The highest BCUT2D eigenvalue weighted by Gasteiger charge is 2.36. The minimum atomic E-state index is -0.0981. The van der Waals surface area contributed by atoms with Gasteiger partial charge in [0.15, 0.2) is 11.5 Å². The third-order valence-electron chi connectivity index (χ3n) is 3.77. The van der Waals surface area contributed by atoms with Gasteiger partial charge in [-0.2, -0.15) is 4.98 Å². The first-order chi connectivity index (χ1) is 9.83. The van der Waals surface area contributed by atoms with E-state index in [0.717, 1.165) is 31.6 Å². The minimum absolute atomic E-state index is 0.0968. The molecule has 1 aliphatic heterocycles. The molecule has 7 nitrogen and oxygen atoms in total. The van der Waals surface area contributed by atoms with Crippen molar-refractivity contribution >= 4 is 17.4 Å². The first-order valence-corrected chi connectivity index (χ1v) is 7.58. The number of aromatic nitrogens is 4. The highest BCUT2D eigenvalue weighted by molar-refractivity contribution is 7.03. The molecule has 1 saturated carbocycles. The third-order valence-corrected chi connectivity index (χ3v) is 4.28. The molecule has 1 unspecified atom stereocenters. The Morgan fingerprint density at radius 2 is 2.30 bits per heavy atom. The number of hydrogen-bond donors (Lipinski definition) is 0. The van der Waals surface area contributed by atoms with Crippen molar-refractivity contribution in [2.24, 2.45) is 0 Å². The second kappa shape index (κ2) is 4.62. The summed E-state index contributed by atoms with van der Waals surface area (Å²) in [6.45, 7) is 0.703. The molecule has 1 amide bonds. The van der Waals surface area contributed by atoms with Gasteiger partial charge in [-0.1, -0.05) is 9.64 Å². The molecule has 0 bridgehead atoms. The molecular weight excluding hydrogens is 278 g/mol. The lowest BCUT2D eigenvalue weighted by Crippen LogP contribution is -2.31. The molecule has 1 aliphatic carbocycles. The van der Waals surface area contributed by atoms with Gasteiger partial charge in [0.05, 0.1) is 6.04 Å². The third kappa shape index (κ3) is 2.00. The van der Waals surface area contributed by atoms with Crippen molar-refractivity contribution in [2.45, 2.75) is 37.6 Å². The zero-order valence-corrected chi connectivity index (χ0v) is 11.5. The van der Waals surface area contributed by atoms with E-state index in [0.29, 0.717) is 24.0 Å². The molecule has 20 heavy (non-hydrogen) atoms. The van der Waals surface area contributed by atoms with Gasteiger partial charge >= 0.3 is 0 Å². The van der Waals surface area contributed by atoms with Crippen LogP contribution >= 0.6 is 11.5 Å². The van der Waals surface area contributed by atoms with Crippen molar-refractivity contribution in [3.8, 4) is 0 Å². The van der Waals surface area contributed by atoms with Crippen molar-refractivity contribution in [1.29, 1.82) is 0 Å². The Morgan fingerprint density at radius 1 is 1.40 bits per heavy atom. The van der Waals surface area contributed by atoms with Gasteiger partial charge < -0.3 is 9.42 Å². The van der Waals surface area contributed by atoms with Crippen molar-refractivity contribution in [2.75, 3.05) is 6.54 Å². The maximum atomic E-state index is 12.4. The zero-order valence-electron chi connectivity index (χ0n) is 10.7. The summed E-state index contributed by atoms with van der Waals surface area (Å²) < 4.78 is 9.04. The van der Waals surface area contributed by atoms with E-state index in [1.165, 1.54) is 11.5 Å². The normalized spacial score (nSPS) is 22.4. The van der Waals surface area contributed by atoms with Crippen LogP contribution in [-0.2, 0) is 0 Å². The van der Waals surface area contributed by atoms with E-state index in [2.05, 4.69) is 19.7 Å². The topological polar surface area (TPSA) is 85.0 Å². The summed E-state index contributed by atoms with van der Waals surface area (Å²) >= 11 is 1.18. The van der Waals surface area contributed by atoms with Crippen LogP contribution in [0, 0.1) is 0 Å². The molecule has 0 aromatic carbocycles. The quantitative estimate of drug-likeness (QED) is 0.857. The molecule has 1 saturated heterocycles. The Labute approximate surface area is 119 Å². The summed E-state index contributed by atoms with van der Waals surface area (Å²) in [5, 5.41) is 9.58. The van der Waals surface area contributed by atoms with Gasteiger partial charge in [0.1, 0.15) is 0 Å². The van der Waals surface area contributed by atoms with Crippen LogP contribution in [0.15, 0.2) is 9.90 Å². The fourth-order valence-corrected chi connectivity index (χ4v) is 2.99. The summed E-state index contributed by atoms with van der Waals surface area (Å²) in [6, 6.07) is -0.0968. The van der Waals surface area contributed by atoms with Crippen LogP contribution in [-0.4, -0.2) is 37.1 Å². The summed E-state index contributed by atoms with van der Waals surface area (Å²) in [4.78, 5) is 18.6. The lowest BCUT2D eigenvalue weighted by atomic mass is 10.2. The first kappa shape index (κ1) is 12.0. The number of likely N-dealkylation sites (tertiary alicyclic amines) is 1. The van der Waals surface area contributed by atoms with Crippen LogP contribution in [0.4, 0.5) is 0 Å². The van der Waals surface area contributed by atoms with E-state index in [1.54, 1.807) is 10.3 Å². The Balaban J connectivity index is 1.58. The molecule has 0 N–H and O–H groups in total. The smallest absolute Gasteiger partial charge is 0.275 e. The lowest BCUT2D eigenvalue weighted by molar-refractivity contribution is 0.0722. The average Bonchev–Trinajstić information content (AvgIpc) is 2.97. The second-order valence-corrected chi connectivity index (χ2v) is 5.82. The number of rotatable bonds is 3.